The molecule has 1 aromatic heterocycles. The van der Waals surface area contributed by atoms with Gasteiger partial charge in [0.15, 0.2) is 0 Å². The molecule has 4 rings (SSSR count). The highest BCUT2D eigenvalue weighted by molar-refractivity contribution is 7.10. The molecule has 33 heavy (non-hydrogen) atoms. The highest BCUT2D eigenvalue weighted by Gasteiger charge is 2.40. The van der Waals surface area contributed by atoms with Gasteiger partial charge in [0, 0.05) is 41.8 Å². The first kappa shape index (κ1) is 23.0. The summed E-state index contributed by atoms with van der Waals surface area (Å²) in [6.07, 6.45) is 0.921. The highest BCUT2D eigenvalue weighted by Crippen LogP contribution is 2.34. The highest BCUT2D eigenvalue weighted by atomic mass is 32.1. The molecule has 3 heterocycles. The predicted molar refractivity (Wildman–Crippen MR) is 122 cm³/mol. The van der Waals surface area contributed by atoms with Gasteiger partial charge in [-0.3, -0.25) is 29.3 Å². The third kappa shape index (κ3) is 4.79. The molecule has 9 heteroatoms. The summed E-state index contributed by atoms with van der Waals surface area (Å²) < 4.78 is 0. The van der Waals surface area contributed by atoms with Crippen molar-refractivity contribution in [3.8, 4) is 0 Å². The first-order valence-electron chi connectivity index (χ1n) is 10.8. The number of Topliss-reactive ketones (excluding diaryl/α,β-unsaturated/α-hetero) is 2. The topological polar surface area (TPSA) is 104 Å². The second kappa shape index (κ2) is 9.36. The summed E-state index contributed by atoms with van der Waals surface area (Å²) in [6.45, 7) is 1.02. The van der Waals surface area contributed by atoms with E-state index >= 15 is 0 Å². The fraction of sp³-hybridized carbons (Fsp3) is 0.375. The van der Waals surface area contributed by atoms with Crippen LogP contribution >= 0.6 is 11.3 Å². The number of aryl methyl sites for hydroxylation is 1. The maximum atomic E-state index is 12.8. The minimum absolute atomic E-state index is 0.0534. The van der Waals surface area contributed by atoms with Gasteiger partial charge in [-0.25, -0.2) is 0 Å². The molecule has 2 aromatic rings. The molecule has 1 unspecified atom stereocenters. The summed E-state index contributed by atoms with van der Waals surface area (Å²) in [4.78, 5) is 65.9. The van der Waals surface area contributed by atoms with Crippen molar-refractivity contribution in [2.24, 2.45) is 0 Å². The number of ketones is 2. The number of thiophene rings is 1. The summed E-state index contributed by atoms with van der Waals surface area (Å²) in [5.74, 6) is -1.99. The van der Waals surface area contributed by atoms with E-state index in [1.165, 1.54) is 16.2 Å². The molecule has 2 aliphatic heterocycles. The number of nitrogens with zero attached hydrogens (tertiary/aromatic N) is 2. The van der Waals surface area contributed by atoms with Gasteiger partial charge in [0.1, 0.15) is 6.04 Å². The first-order valence-corrected chi connectivity index (χ1v) is 11.7. The predicted octanol–water partition coefficient (Wildman–Crippen LogP) is 1.96. The minimum atomic E-state index is -0.667. The van der Waals surface area contributed by atoms with E-state index in [-0.39, 0.29) is 31.2 Å². The van der Waals surface area contributed by atoms with Gasteiger partial charge in [-0.2, -0.15) is 0 Å². The van der Waals surface area contributed by atoms with E-state index in [0.29, 0.717) is 24.0 Å². The van der Waals surface area contributed by atoms with Crippen LogP contribution in [0, 0.1) is 0 Å². The molecule has 0 radical (unpaired) electrons. The fourth-order valence-corrected chi connectivity index (χ4v) is 5.28. The van der Waals surface area contributed by atoms with Gasteiger partial charge < -0.3 is 9.80 Å². The molecule has 0 bridgehead atoms. The lowest BCUT2D eigenvalue weighted by Crippen LogP contribution is -2.52. The number of hydrogen-bond donors (Lipinski definition) is 1. The number of amides is 3. The summed E-state index contributed by atoms with van der Waals surface area (Å²) in [5.41, 5.74) is 2.78. The van der Waals surface area contributed by atoms with E-state index in [9.17, 15) is 24.0 Å². The van der Waals surface area contributed by atoms with Crippen LogP contribution < -0.4 is 5.32 Å². The zero-order valence-corrected chi connectivity index (χ0v) is 19.4. The summed E-state index contributed by atoms with van der Waals surface area (Å²) in [5, 5.41) is 4.03. The largest absolute Gasteiger partial charge is 0.322 e. The van der Waals surface area contributed by atoms with Gasteiger partial charge >= 0.3 is 0 Å². The van der Waals surface area contributed by atoms with Gasteiger partial charge in [0.2, 0.25) is 23.4 Å². The van der Waals surface area contributed by atoms with Crippen LogP contribution in [0.3, 0.4) is 0 Å². The maximum absolute atomic E-state index is 12.8. The van der Waals surface area contributed by atoms with Crippen molar-refractivity contribution in [1.82, 2.24) is 15.1 Å². The minimum Gasteiger partial charge on any atom is -0.322 e. The van der Waals surface area contributed by atoms with Crippen molar-refractivity contribution in [2.45, 2.75) is 44.8 Å². The van der Waals surface area contributed by atoms with E-state index in [1.54, 1.807) is 17.5 Å². The average molecular weight is 468 g/mol. The van der Waals surface area contributed by atoms with Crippen molar-refractivity contribution in [3.63, 3.8) is 0 Å². The van der Waals surface area contributed by atoms with E-state index < -0.39 is 23.5 Å². The monoisotopic (exact) mass is 467 g/mol. The average Bonchev–Trinajstić information content (AvgIpc) is 3.32. The van der Waals surface area contributed by atoms with Gasteiger partial charge in [-0.05, 0) is 38.1 Å². The van der Waals surface area contributed by atoms with Gasteiger partial charge in [-0.15, -0.1) is 11.3 Å². The molecule has 1 fully saturated rings. The van der Waals surface area contributed by atoms with Crippen molar-refractivity contribution >= 4 is 40.6 Å². The lowest BCUT2D eigenvalue weighted by molar-refractivity contribution is -0.136. The Balaban J connectivity index is 1.38. The van der Waals surface area contributed by atoms with E-state index in [2.05, 4.69) is 5.32 Å². The number of rotatable bonds is 8. The molecule has 3 amide bonds. The standard InChI is InChI=1S/C24H25N3O5S/c1-26(2)11-14-3-5-15(6-4-14)22(30)19(28)8-9-20-16-12-27(24(32)17(16)13-33-20)18-7-10-21(29)25-23(18)31/h3-6,13,18H,7-12H2,1-2H3,(H,25,29,31). The second-order valence-corrected chi connectivity index (χ2v) is 9.60. The quantitative estimate of drug-likeness (QED) is 0.362. The number of piperidine rings is 1. The Hall–Kier alpha value is -3.17. The SMILES string of the molecule is CN(C)Cc1ccc(C(=O)C(=O)CCc2scc3c2CN(C2CCC(=O)NC2=O)C3=O)cc1. The van der Waals surface area contributed by atoms with Crippen LogP contribution in [0.2, 0.25) is 0 Å². The number of nitrogens with one attached hydrogen (secondary N) is 1. The van der Waals surface area contributed by atoms with Gasteiger partial charge in [-0.1, -0.05) is 24.3 Å². The molecule has 172 valence electrons. The molecule has 1 N–H and O–H groups in total. The molecular formula is C24H25N3O5S. The Morgan fingerprint density at radius 1 is 1.15 bits per heavy atom. The Morgan fingerprint density at radius 2 is 1.88 bits per heavy atom. The first-order chi connectivity index (χ1) is 15.7. The van der Waals surface area contributed by atoms with Crippen molar-refractivity contribution in [1.29, 1.82) is 0 Å². The molecule has 1 aromatic carbocycles. The molecule has 0 saturated carbocycles. The van der Waals surface area contributed by atoms with Crippen LogP contribution in [0.4, 0.5) is 0 Å². The number of fused-ring (bicyclic) bond motifs is 1. The maximum Gasteiger partial charge on any atom is 0.256 e. The zero-order valence-electron chi connectivity index (χ0n) is 18.6. The molecule has 0 spiro atoms. The molecule has 0 aliphatic carbocycles. The van der Waals surface area contributed by atoms with Gasteiger partial charge in [0.25, 0.3) is 5.91 Å². The van der Waals surface area contributed by atoms with Gasteiger partial charge in [0.05, 0.1) is 5.56 Å². The molecule has 2 aliphatic rings. The van der Waals surface area contributed by atoms with Crippen LogP contribution in [0.5, 0.6) is 0 Å². The number of hydrogen-bond acceptors (Lipinski definition) is 7. The Bertz CT molecular complexity index is 1140. The number of carbonyl (C=O) groups is 5. The third-order valence-corrected chi connectivity index (χ3v) is 7.02. The summed E-state index contributed by atoms with van der Waals surface area (Å²) in [6, 6.07) is 6.39. The molecular weight excluding hydrogens is 442 g/mol. The van der Waals surface area contributed by atoms with Crippen LogP contribution in [0.1, 0.15) is 56.0 Å². The van der Waals surface area contributed by atoms with Crippen LogP contribution in [0.25, 0.3) is 0 Å². The Labute approximate surface area is 195 Å². The van der Waals surface area contributed by atoms with Crippen LogP contribution in [0.15, 0.2) is 29.6 Å². The molecule has 1 atom stereocenters. The lowest BCUT2D eigenvalue weighted by Gasteiger charge is -2.29. The number of benzene rings is 1. The van der Waals surface area contributed by atoms with E-state index in [0.717, 1.165) is 22.5 Å². The normalized spacial score (nSPS) is 18.0. The van der Waals surface area contributed by atoms with Crippen LogP contribution in [-0.2, 0) is 33.9 Å². The summed E-state index contributed by atoms with van der Waals surface area (Å²) in [7, 11) is 3.92. The van der Waals surface area contributed by atoms with Crippen LogP contribution in [-0.4, -0.2) is 59.2 Å². The molecule has 8 nitrogen and oxygen atoms in total. The summed E-state index contributed by atoms with van der Waals surface area (Å²) >= 11 is 1.39. The number of imide groups is 1. The Kier molecular flexibility index (Phi) is 6.53. The Morgan fingerprint density at radius 3 is 2.55 bits per heavy atom. The zero-order chi connectivity index (χ0) is 23.7. The van der Waals surface area contributed by atoms with E-state index in [1.807, 2.05) is 31.1 Å². The number of carbonyl (C=O) groups excluding carboxylic acids is 5. The van der Waals surface area contributed by atoms with E-state index in [4.69, 9.17) is 0 Å². The smallest absolute Gasteiger partial charge is 0.256 e. The third-order valence-electron chi connectivity index (χ3n) is 5.93. The second-order valence-electron chi connectivity index (χ2n) is 8.64. The van der Waals surface area contributed by atoms with Crippen molar-refractivity contribution in [2.75, 3.05) is 14.1 Å². The molecule has 1 saturated heterocycles. The lowest BCUT2D eigenvalue weighted by atomic mass is 10.0. The van der Waals surface area contributed by atoms with Crippen molar-refractivity contribution < 1.29 is 24.0 Å². The fourth-order valence-electron chi connectivity index (χ4n) is 4.24. The van der Waals surface area contributed by atoms with Crippen molar-refractivity contribution in [3.05, 3.63) is 56.8 Å².